The molecule has 0 aromatic heterocycles. The lowest BCUT2D eigenvalue weighted by Crippen LogP contribution is -2.29. The Kier molecular flexibility index (Phi) is 5.53. The average Bonchev–Trinajstić information content (AvgIpc) is 3.04. The largest absolute Gasteiger partial charge is 0.507 e. The highest BCUT2D eigenvalue weighted by atomic mass is 19.4. The molecule has 1 saturated heterocycles. The van der Waals surface area contributed by atoms with Crippen molar-refractivity contribution in [3.8, 4) is 0 Å². The molecule has 0 bridgehead atoms. The van der Waals surface area contributed by atoms with Gasteiger partial charge < -0.3 is 5.11 Å². The van der Waals surface area contributed by atoms with Gasteiger partial charge in [0.1, 0.15) is 11.6 Å². The summed E-state index contributed by atoms with van der Waals surface area (Å²) in [7, 11) is 0. The van der Waals surface area contributed by atoms with E-state index in [4.69, 9.17) is 0 Å². The topological polar surface area (TPSA) is 57.6 Å². The molecule has 3 aromatic rings. The molecule has 0 spiro atoms. The SMILES string of the molecule is Cc1ccc(/C(O)=C2\C(=O)C(=O)N(c3cccc(C(F)(F)F)c3)[C@H]2c2ccc(F)cc2)cc1. The Hall–Kier alpha value is -3.94. The molecule has 4 nitrogen and oxygen atoms in total. The van der Waals surface area contributed by atoms with Crippen molar-refractivity contribution in [3.05, 3.63) is 106 Å². The predicted molar refractivity (Wildman–Crippen MR) is 114 cm³/mol. The van der Waals surface area contributed by atoms with E-state index in [1.54, 1.807) is 24.3 Å². The number of carbonyl (C=O) groups excluding carboxylic acids is 2. The van der Waals surface area contributed by atoms with Gasteiger partial charge in [0.15, 0.2) is 0 Å². The zero-order valence-electron chi connectivity index (χ0n) is 17.2. The molecule has 0 aliphatic carbocycles. The van der Waals surface area contributed by atoms with E-state index in [0.717, 1.165) is 40.8 Å². The van der Waals surface area contributed by atoms with E-state index < -0.39 is 41.0 Å². The fourth-order valence-corrected chi connectivity index (χ4v) is 3.76. The number of halogens is 4. The minimum Gasteiger partial charge on any atom is -0.507 e. The molecule has 1 atom stereocenters. The molecule has 0 unspecified atom stereocenters. The van der Waals surface area contributed by atoms with Gasteiger partial charge in [0.05, 0.1) is 17.2 Å². The van der Waals surface area contributed by atoms with Gasteiger partial charge in [-0.15, -0.1) is 0 Å². The zero-order valence-corrected chi connectivity index (χ0v) is 17.2. The molecule has 1 fully saturated rings. The summed E-state index contributed by atoms with van der Waals surface area (Å²) in [5.74, 6) is -3.21. The molecule has 168 valence electrons. The Balaban J connectivity index is 1.94. The number of Topliss-reactive ketones (excluding diaryl/α,β-unsaturated/α-hetero) is 1. The van der Waals surface area contributed by atoms with Gasteiger partial charge in [0.25, 0.3) is 11.7 Å². The van der Waals surface area contributed by atoms with Crippen molar-refractivity contribution < 1.29 is 32.3 Å². The fourth-order valence-electron chi connectivity index (χ4n) is 3.76. The highest BCUT2D eigenvalue weighted by molar-refractivity contribution is 6.51. The van der Waals surface area contributed by atoms with E-state index in [2.05, 4.69) is 0 Å². The van der Waals surface area contributed by atoms with E-state index in [1.807, 2.05) is 6.92 Å². The molecule has 4 rings (SSSR count). The molecule has 1 aliphatic heterocycles. The lowest BCUT2D eigenvalue weighted by atomic mass is 9.95. The number of aryl methyl sites for hydroxylation is 1. The van der Waals surface area contributed by atoms with Crippen LogP contribution in [0.4, 0.5) is 23.2 Å². The van der Waals surface area contributed by atoms with Gasteiger partial charge in [-0.1, -0.05) is 48.0 Å². The van der Waals surface area contributed by atoms with Gasteiger partial charge >= 0.3 is 6.18 Å². The number of rotatable bonds is 3. The van der Waals surface area contributed by atoms with Crippen molar-refractivity contribution in [2.45, 2.75) is 19.1 Å². The van der Waals surface area contributed by atoms with Crippen molar-refractivity contribution in [2.75, 3.05) is 4.90 Å². The second-order valence-corrected chi connectivity index (χ2v) is 7.63. The molecular formula is C25H17F4NO3. The first-order chi connectivity index (χ1) is 15.6. The summed E-state index contributed by atoms with van der Waals surface area (Å²) < 4.78 is 53.4. The molecular weight excluding hydrogens is 438 g/mol. The van der Waals surface area contributed by atoms with Crippen LogP contribution in [0.5, 0.6) is 0 Å². The monoisotopic (exact) mass is 455 g/mol. The minimum atomic E-state index is -4.67. The molecule has 1 heterocycles. The standard InChI is InChI=1S/C25H17F4NO3/c1-14-5-7-16(8-6-14)22(31)20-21(15-9-11-18(26)12-10-15)30(24(33)23(20)32)19-4-2-3-17(13-19)25(27,28)29/h2-13,21,31H,1H3/b22-20+/t21-/m0/s1. The molecule has 33 heavy (non-hydrogen) atoms. The molecule has 8 heteroatoms. The smallest absolute Gasteiger partial charge is 0.416 e. The lowest BCUT2D eigenvalue weighted by molar-refractivity contribution is -0.137. The third-order valence-electron chi connectivity index (χ3n) is 5.41. The van der Waals surface area contributed by atoms with Crippen LogP contribution in [-0.2, 0) is 15.8 Å². The second-order valence-electron chi connectivity index (χ2n) is 7.63. The number of nitrogens with zero attached hydrogens (tertiary/aromatic N) is 1. The maximum Gasteiger partial charge on any atom is 0.416 e. The average molecular weight is 455 g/mol. The number of alkyl halides is 3. The summed E-state index contributed by atoms with van der Waals surface area (Å²) in [4.78, 5) is 26.9. The summed E-state index contributed by atoms with van der Waals surface area (Å²) >= 11 is 0. The fraction of sp³-hybridized carbons (Fsp3) is 0.120. The van der Waals surface area contributed by atoms with Crippen molar-refractivity contribution in [2.24, 2.45) is 0 Å². The summed E-state index contributed by atoms with van der Waals surface area (Å²) in [6.07, 6.45) is -4.67. The van der Waals surface area contributed by atoms with Gasteiger partial charge in [-0.05, 0) is 42.8 Å². The van der Waals surface area contributed by atoms with Crippen LogP contribution in [0.1, 0.15) is 28.3 Å². The summed E-state index contributed by atoms with van der Waals surface area (Å²) in [5.41, 5.74) is -0.0714. The summed E-state index contributed by atoms with van der Waals surface area (Å²) in [5, 5.41) is 11.0. The Morgan fingerprint density at radius 1 is 0.939 bits per heavy atom. The van der Waals surface area contributed by atoms with Crippen LogP contribution in [-0.4, -0.2) is 16.8 Å². The van der Waals surface area contributed by atoms with Crippen LogP contribution < -0.4 is 4.90 Å². The van der Waals surface area contributed by atoms with Crippen LogP contribution in [0.3, 0.4) is 0 Å². The van der Waals surface area contributed by atoms with Crippen LogP contribution >= 0.6 is 0 Å². The number of amides is 1. The highest BCUT2D eigenvalue weighted by Crippen LogP contribution is 2.43. The van der Waals surface area contributed by atoms with E-state index in [1.165, 1.54) is 18.2 Å². The van der Waals surface area contributed by atoms with Crippen molar-refractivity contribution in [1.82, 2.24) is 0 Å². The van der Waals surface area contributed by atoms with Crippen LogP contribution in [0.2, 0.25) is 0 Å². The molecule has 0 radical (unpaired) electrons. The van der Waals surface area contributed by atoms with Gasteiger partial charge in [-0.25, -0.2) is 4.39 Å². The number of hydrogen-bond acceptors (Lipinski definition) is 3. The van der Waals surface area contributed by atoms with Crippen molar-refractivity contribution >= 4 is 23.1 Å². The van der Waals surface area contributed by atoms with E-state index in [0.29, 0.717) is 0 Å². The summed E-state index contributed by atoms with van der Waals surface area (Å²) in [6.45, 7) is 1.83. The normalized spacial score (nSPS) is 18.1. The lowest BCUT2D eigenvalue weighted by Gasteiger charge is -2.26. The minimum absolute atomic E-state index is 0.177. The zero-order chi connectivity index (χ0) is 23.9. The maximum atomic E-state index is 13.6. The van der Waals surface area contributed by atoms with E-state index in [-0.39, 0.29) is 22.4 Å². The number of hydrogen-bond donors (Lipinski definition) is 1. The molecule has 1 N–H and O–H groups in total. The Morgan fingerprint density at radius 2 is 1.58 bits per heavy atom. The number of carbonyl (C=O) groups is 2. The number of anilines is 1. The third-order valence-corrected chi connectivity index (χ3v) is 5.41. The number of benzene rings is 3. The first-order valence-electron chi connectivity index (χ1n) is 9.88. The Morgan fingerprint density at radius 3 is 2.18 bits per heavy atom. The first kappa shape index (κ1) is 22.3. The number of ketones is 1. The molecule has 1 amide bonds. The van der Waals surface area contributed by atoms with Gasteiger partial charge in [-0.2, -0.15) is 13.2 Å². The van der Waals surface area contributed by atoms with Crippen LogP contribution in [0.15, 0.2) is 78.4 Å². The van der Waals surface area contributed by atoms with Gasteiger partial charge in [-0.3, -0.25) is 14.5 Å². The second kappa shape index (κ2) is 8.20. The van der Waals surface area contributed by atoms with Crippen molar-refractivity contribution in [3.63, 3.8) is 0 Å². The highest BCUT2D eigenvalue weighted by Gasteiger charge is 2.47. The van der Waals surface area contributed by atoms with E-state index >= 15 is 0 Å². The number of aliphatic hydroxyl groups excluding tert-OH is 1. The quantitative estimate of drug-likeness (QED) is 0.236. The van der Waals surface area contributed by atoms with Crippen LogP contribution in [0.25, 0.3) is 5.76 Å². The molecule has 0 saturated carbocycles. The van der Waals surface area contributed by atoms with Crippen molar-refractivity contribution in [1.29, 1.82) is 0 Å². The van der Waals surface area contributed by atoms with Gasteiger partial charge in [0, 0.05) is 11.3 Å². The molecule has 3 aromatic carbocycles. The summed E-state index contributed by atoms with van der Waals surface area (Å²) in [6, 6.07) is 14.1. The third kappa shape index (κ3) is 4.11. The molecule has 1 aliphatic rings. The Labute approximate surface area is 186 Å². The van der Waals surface area contributed by atoms with E-state index in [9.17, 15) is 32.3 Å². The first-order valence-corrected chi connectivity index (χ1v) is 9.88. The predicted octanol–water partition coefficient (Wildman–Crippen LogP) is 5.78. The van der Waals surface area contributed by atoms with Gasteiger partial charge in [0.2, 0.25) is 0 Å². The Bertz CT molecular complexity index is 1260. The maximum absolute atomic E-state index is 13.6. The number of aliphatic hydroxyl groups is 1. The van der Waals surface area contributed by atoms with Crippen LogP contribution in [0, 0.1) is 12.7 Å².